The van der Waals surface area contributed by atoms with Crippen molar-refractivity contribution in [3.05, 3.63) is 24.0 Å². The van der Waals surface area contributed by atoms with E-state index in [0.717, 1.165) is 12.1 Å². The molecule has 0 aliphatic heterocycles. The van der Waals surface area contributed by atoms with E-state index in [1.165, 1.54) is 0 Å². The Kier molecular flexibility index (Phi) is 3.05. The van der Waals surface area contributed by atoms with Gasteiger partial charge in [0.2, 0.25) is 6.41 Å². The van der Waals surface area contributed by atoms with Crippen LogP contribution >= 0.6 is 0 Å². The Bertz CT molecular complexity index is 212. The van der Waals surface area contributed by atoms with E-state index >= 15 is 0 Å². The monoisotopic (exact) mass is 151 g/mol. The Hall–Kier alpha value is -1.45. The fourth-order valence-electron chi connectivity index (χ4n) is 0.726. The van der Waals surface area contributed by atoms with Crippen molar-refractivity contribution in [2.24, 2.45) is 0 Å². The highest BCUT2D eigenvalue weighted by atomic mass is 16.1. The summed E-state index contributed by atoms with van der Waals surface area (Å²) >= 11 is 0. The Morgan fingerprint density at radius 1 is 1.64 bits per heavy atom. The van der Waals surface area contributed by atoms with Gasteiger partial charge in [-0.3, -0.25) is 4.79 Å². The van der Waals surface area contributed by atoms with Crippen LogP contribution in [0.5, 0.6) is 0 Å². The Morgan fingerprint density at radius 3 is 3.18 bits per heavy atom. The van der Waals surface area contributed by atoms with Crippen molar-refractivity contribution >= 4 is 6.41 Å². The molecule has 1 aromatic heterocycles. The molecule has 0 saturated heterocycles. The van der Waals surface area contributed by atoms with Gasteiger partial charge in [-0.1, -0.05) is 0 Å². The van der Waals surface area contributed by atoms with Crippen LogP contribution in [0.3, 0.4) is 0 Å². The molecule has 0 bridgehead atoms. The first-order valence-corrected chi connectivity index (χ1v) is 3.37. The van der Waals surface area contributed by atoms with Crippen LogP contribution in [0.25, 0.3) is 0 Å². The summed E-state index contributed by atoms with van der Waals surface area (Å²) in [5.41, 5.74) is 0.891. The van der Waals surface area contributed by atoms with Crippen LogP contribution in [0.15, 0.2) is 18.3 Å². The minimum atomic E-state index is 0.613. The normalized spacial score (nSPS) is 9.09. The van der Waals surface area contributed by atoms with Gasteiger partial charge in [0.1, 0.15) is 0 Å². The lowest BCUT2D eigenvalue weighted by Crippen LogP contribution is -2.14. The Labute approximate surface area is 64.6 Å². The molecule has 1 heterocycles. The second-order valence-electron chi connectivity index (χ2n) is 2.04. The molecule has 0 aromatic carbocycles. The second-order valence-corrected chi connectivity index (χ2v) is 2.04. The average Bonchev–Trinajstić information content (AvgIpc) is 2.07. The van der Waals surface area contributed by atoms with Gasteiger partial charge in [0.15, 0.2) is 0 Å². The Balaban J connectivity index is 2.33. The van der Waals surface area contributed by atoms with E-state index in [-0.39, 0.29) is 0 Å². The number of carbonyl (C=O) groups is 1. The van der Waals surface area contributed by atoms with Gasteiger partial charge in [0, 0.05) is 19.2 Å². The van der Waals surface area contributed by atoms with Gasteiger partial charge in [-0.15, -0.1) is 0 Å². The lowest BCUT2D eigenvalue weighted by atomic mass is 10.3. The molecule has 0 aliphatic rings. The quantitative estimate of drug-likeness (QED) is 0.477. The van der Waals surface area contributed by atoms with E-state index in [9.17, 15) is 4.79 Å². The molecule has 0 fully saturated rings. The zero-order valence-electron chi connectivity index (χ0n) is 6.03. The molecule has 4 nitrogen and oxygen atoms in total. The van der Waals surface area contributed by atoms with Crippen molar-refractivity contribution in [3.63, 3.8) is 0 Å². The number of nitrogens with one attached hydrogen (secondary N) is 1. The first kappa shape index (κ1) is 7.65. The predicted molar refractivity (Wildman–Crippen MR) is 39.8 cm³/mol. The smallest absolute Gasteiger partial charge is 0.207 e. The topological polar surface area (TPSA) is 54.9 Å². The largest absolute Gasteiger partial charge is 0.358 e. The van der Waals surface area contributed by atoms with Gasteiger partial charge in [0.05, 0.1) is 5.69 Å². The summed E-state index contributed by atoms with van der Waals surface area (Å²) in [5, 5.41) is 10.1. The molecule has 4 heteroatoms. The van der Waals surface area contributed by atoms with Gasteiger partial charge in [-0.25, -0.2) is 0 Å². The number of aromatic nitrogens is 2. The van der Waals surface area contributed by atoms with Crippen LogP contribution in [0.4, 0.5) is 0 Å². The number of carbonyl (C=O) groups excluding carboxylic acids is 1. The number of amides is 1. The molecule has 1 N–H and O–H groups in total. The zero-order chi connectivity index (χ0) is 7.94. The van der Waals surface area contributed by atoms with E-state index in [0.29, 0.717) is 13.0 Å². The van der Waals surface area contributed by atoms with Crippen LogP contribution in [0.1, 0.15) is 5.69 Å². The minimum Gasteiger partial charge on any atom is -0.358 e. The van der Waals surface area contributed by atoms with E-state index in [1.807, 2.05) is 12.1 Å². The van der Waals surface area contributed by atoms with Gasteiger partial charge >= 0.3 is 0 Å². The van der Waals surface area contributed by atoms with Crippen molar-refractivity contribution in [1.29, 1.82) is 0 Å². The van der Waals surface area contributed by atoms with Crippen LogP contribution < -0.4 is 5.32 Å². The minimum absolute atomic E-state index is 0.613. The third kappa shape index (κ3) is 2.75. The fraction of sp³-hybridized carbons (Fsp3) is 0.286. The average molecular weight is 151 g/mol. The van der Waals surface area contributed by atoms with E-state index in [4.69, 9.17) is 0 Å². The molecule has 1 rings (SSSR count). The molecular weight excluding hydrogens is 142 g/mol. The molecule has 1 amide bonds. The van der Waals surface area contributed by atoms with Gasteiger partial charge in [0.25, 0.3) is 0 Å². The number of rotatable bonds is 4. The van der Waals surface area contributed by atoms with E-state index < -0.39 is 0 Å². The van der Waals surface area contributed by atoms with Crippen LogP contribution in [0, 0.1) is 0 Å². The maximum absolute atomic E-state index is 9.85. The van der Waals surface area contributed by atoms with Gasteiger partial charge in [-0.2, -0.15) is 10.2 Å². The molecule has 0 radical (unpaired) electrons. The highest BCUT2D eigenvalue weighted by Crippen LogP contribution is 1.89. The van der Waals surface area contributed by atoms with E-state index in [2.05, 4.69) is 15.5 Å². The third-order valence-corrected chi connectivity index (χ3v) is 1.24. The molecule has 0 unspecified atom stereocenters. The lowest BCUT2D eigenvalue weighted by Gasteiger charge is -1.96. The molecule has 0 atom stereocenters. The summed E-state index contributed by atoms with van der Waals surface area (Å²) in [6, 6.07) is 3.70. The molecular formula is C7H9N3O. The highest BCUT2D eigenvalue weighted by molar-refractivity contribution is 5.45. The van der Waals surface area contributed by atoms with Crippen molar-refractivity contribution in [1.82, 2.24) is 15.5 Å². The molecule has 58 valence electrons. The predicted octanol–water partition coefficient (Wildman–Crippen LogP) is -0.235. The summed E-state index contributed by atoms with van der Waals surface area (Å²) in [6.45, 7) is 0.613. The van der Waals surface area contributed by atoms with Crippen molar-refractivity contribution in [2.75, 3.05) is 6.54 Å². The molecule has 0 spiro atoms. The van der Waals surface area contributed by atoms with Crippen LogP contribution in [0.2, 0.25) is 0 Å². The van der Waals surface area contributed by atoms with Crippen molar-refractivity contribution < 1.29 is 4.79 Å². The molecule has 0 aliphatic carbocycles. The molecule has 11 heavy (non-hydrogen) atoms. The number of hydrogen-bond donors (Lipinski definition) is 1. The van der Waals surface area contributed by atoms with Crippen LogP contribution in [-0.2, 0) is 11.2 Å². The number of hydrogen-bond acceptors (Lipinski definition) is 3. The maximum Gasteiger partial charge on any atom is 0.207 e. The van der Waals surface area contributed by atoms with Gasteiger partial charge in [-0.05, 0) is 12.1 Å². The third-order valence-electron chi connectivity index (χ3n) is 1.24. The lowest BCUT2D eigenvalue weighted by molar-refractivity contribution is -0.109. The van der Waals surface area contributed by atoms with Crippen molar-refractivity contribution in [3.8, 4) is 0 Å². The summed E-state index contributed by atoms with van der Waals surface area (Å²) in [7, 11) is 0. The molecule has 0 saturated carbocycles. The Morgan fingerprint density at radius 2 is 2.55 bits per heavy atom. The SMILES string of the molecule is O=CNCCc1cccnn1. The summed E-state index contributed by atoms with van der Waals surface area (Å²) < 4.78 is 0. The summed E-state index contributed by atoms with van der Waals surface area (Å²) in [6.07, 6.45) is 3.03. The first-order valence-electron chi connectivity index (χ1n) is 3.37. The standard InChI is InChI=1S/C7H9N3O/c11-6-8-5-3-7-2-1-4-9-10-7/h1-2,4,6H,3,5H2,(H,8,11). The fourth-order valence-corrected chi connectivity index (χ4v) is 0.726. The van der Waals surface area contributed by atoms with Gasteiger partial charge < -0.3 is 5.32 Å². The summed E-state index contributed by atoms with van der Waals surface area (Å²) in [4.78, 5) is 9.85. The molecule has 1 aromatic rings. The van der Waals surface area contributed by atoms with Crippen molar-refractivity contribution in [2.45, 2.75) is 6.42 Å². The van der Waals surface area contributed by atoms with E-state index in [1.54, 1.807) is 6.20 Å². The highest BCUT2D eigenvalue weighted by Gasteiger charge is 1.90. The zero-order valence-corrected chi connectivity index (χ0v) is 6.03. The van der Waals surface area contributed by atoms with Crippen LogP contribution in [-0.4, -0.2) is 23.2 Å². The second kappa shape index (κ2) is 4.38. The number of nitrogens with zero attached hydrogens (tertiary/aromatic N) is 2. The summed E-state index contributed by atoms with van der Waals surface area (Å²) in [5.74, 6) is 0. The first-order chi connectivity index (χ1) is 5.43. The maximum atomic E-state index is 9.85.